The minimum atomic E-state index is -0.706. The Morgan fingerprint density at radius 2 is 1.93 bits per heavy atom. The normalized spacial score (nSPS) is 12.0. The van der Waals surface area contributed by atoms with Gasteiger partial charge in [0.25, 0.3) is 0 Å². The van der Waals surface area contributed by atoms with E-state index in [4.69, 9.17) is 13.9 Å². The zero-order chi connectivity index (χ0) is 11.5. The Morgan fingerprint density at radius 3 is 2.40 bits per heavy atom. The monoisotopic (exact) mass is 216 g/mol. The topological polar surface area (TPSA) is 61.8 Å². The summed E-state index contributed by atoms with van der Waals surface area (Å²) in [7, 11) is 0. The lowest BCUT2D eigenvalue weighted by molar-refractivity contribution is -0.127. The van der Waals surface area contributed by atoms with Crippen LogP contribution in [-0.2, 0) is 16.1 Å². The number of hydrogen-bond donors (Lipinski definition) is 0. The number of aryl methyl sites for hydroxylation is 1. The summed E-state index contributed by atoms with van der Waals surface area (Å²) in [5.41, 5.74) is -0.244. The van der Waals surface area contributed by atoms with Crippen LogP contribution in [0.25, 0.3) is 0 Å². The van der Waals surface area contributed by atoms with E-state index in [2.05, 4.69) is 4.42 Å². The average molecular weight is 216 g/mol. The van der Waals surface area contributed by atoms with E-state index in [1.54, 1.807) is 6.92 Å². The molecule has 0 aliphatic heterocycles. The molecule has 5 heteroatoms. The maximum atomic E-state index is 10.7. The van der Waals surface area contributed by atoms with Gasteiger partial charge in [0.2, 0.25) is 0 Å². The van der Waals surface area contributed by atoms with Gasteiger partial charge >= 0.3 is 5.82 Å². The fourth-order valence-electron chi connectivity index (χ4n) is 0.859. The van der Waals surface area contributed by atoms with Gasteiger partial charge < -0.3 is 18.3 Å². The van der Waals surface area contributed by atoms with Crippen molar-refractivity contribution in [2.45, 2.75) is 39.9 Å². The average Bonchev–Trinajstić information content (AvgIpc) is 2.37. The summed E-state index contributed by atoms with van der Waals surface area (Å²) in [4.78, 5) is 10.7. The molecule has 1 rings (SSSR count). The molecule has 0 aliphatic rings. The van der Waals surface area contributed by atoms with Crippen LogP contribution in [0.5, 0.6) is 0 Å². The van der Waals surface area contributed by atoms with Gasteiger partial charge in [-0.1, -0.05) is 0 Å². The highest BCUT2D eigenvalue weighted by atomic mass is 16.7. The van der Waals surface area contributed by atoms with Crippen molar-refractivity contribution in [1.29, 1.82) is 0 Å². The van der Waals surface area contributed by atoms with Crippen molar-refractivity contribution < 1.29 is 18.3 Å². The lowest BCUT2D eigenvalue weighted by Gasteiger charge is -2.18. The first-order valence-corrected chi connectivity index (χ1v) is 4.69. The maximum absolute atomic E-state index is 10.7. The highest BCUT2D eigenvalue weighted by Crippen LogP contribution is 2.09. The van der Waals surface area contributed by atoms with Crippen molar-refractivity contribution in [1.82, 2.24) is 0 Å². The Bertz CT molecular complexity index is 355. The van der Waals surface area contributed by atoms with Crippen molar-refractivity contribution in [3.8, 4) is 0 Å². The molecule has 0 saturated carbocycles. The molecule has 0 radical (unpaired) electrons. The molecule has 1 aromatic rings. The van der Waals surface area contributed by atoms with Gasteiger partial charge in [-0.15, -0.1) is 0 Å². The molecular weight excluding hydrogens is 200 g/mol. The van der Waals surface area contributed by atoms with E-state index in [-0.39, 0.29) is 19.0 Å². The molecule has 0 unspecified atom stereocenters. The summed E-state index contributed by atoms with van der Waals surface area (Å²) < 4.78 is 19.9. The Morgan fingerprint density at radius 1 is 1.27 bits per heavy atom. The lowest BCUT2D eigenvalue weighted by atomic mass is 10.2. The molecule has 0 aliphatic carbocycles. The van der Waals surface area contributed by atoms with Gasteiger partial charge in [-0.2, -0.15) is 0 Å². The summed E-state index contributed by atoms with van der Waals surface area (Å²) in [5, 5.41) is 0. The van der Waals surface area contributed by atoms with E-state index in [0.717, 1.165) is 0 Å². The molecule has 0 N–H and O–H groups in total. The van der Waals surface area contributed by atoms with E-state index in [9.17, 15) is 4.79 Å². The van der Waals surface area contributed by atoms with Crippen LogP contribution < -0.4 is 5.82 Å². The van der Waals surface area contributed by atoms with Crippen LogP contribution in [0.2, 0.25) is 0 Å². The van der Waals surface area contributed by atoms with Gasteiger partial charge in [0.15, 0.2) is 5.76 Å². The van der Waals surface area contributed by atoms with Gasteiger partial charge in [-0.05, 0) is 27.7 Å². The van der Waals surface area contributed by atoms with Crippen LogP contribution in [0.15, 0.2) is 13.6 Å². The molecule has 86 valence electrons. The minimum absolute atomic E-state index is 0.151. The van der Waals surface area contributed by atoms with E-state index >= 15 is 0 Å². The smallest absolute Gasteiger partial charge is 0.396 e. The fourth-order valence-corrected chi connectivity index (χ4v) is 0.859. The molecule has 5 nitrogen and oxygen atoms in total. The highest BCUT2D eigenvalue weighted by Gasteiger charge is 2.11. The molecule has 0 saturated heterocycles. The summed E-state index contributed by atoms with van der Waals surface area (Å²) >= 11 is 0. The first-order chi connectivity index (χ1) is 6.88. The van der Waals surface area contributed by atoms with Crippen molar-refractivity contribution in [2.75, 3.05) is 6.79 Å². The molecule has 15 heavy (non-hydrogen) atoms. The van der Waals surface area contributed by atoms with E-state index < -0.39 is 5.82 Å². The summed E-state index contributed by atoms with van der Waals surface area (Å²) in [6.07, 6.45) is 0. The van der Waals surface area contributed by atoms with Gasteiger partial charge in [-0.25, -0.2) is 4.79 Å². The number of hydrogen-bond acceptors (Lipinski definition) is 5. The molecular formula is C10H16O5. The molecule has 0 atom stereocenters. The fraction of sp³-hybridized carbons (Fsp3) is 0.700. The van der Waals surface area contributed by atoms with Crippen molar-refractivity contribution >= 4 is 0 Å². The third-order valence-corrected chi connectivity index (χ3v) is 1.64. The first kappa shape index (κ1) is 12.0. The highest BCUT2D eigenvalue weighted by molar-refractivity contribution is 4.98. The predicted octanol–water partition coefficient (Wildman–Crippen LogP) is 1.83. The first-order valence-electron chi connectivity index (χ1n) is 4.69. The van der Waals surface area contributed by atoms with Crippen LogP contribution in [0, 0.1) is 6.92 Å². The standard InChI is InChI=1S/C10H16O5/c1-7-8(15-9(11)14-7)5-12-6-13-10(2,3)4/h5-6H2,1-4H3. The zero-order valence-corrected chi connectivity index (χ0v) is 9.46. The van der Waals surface area contributed by atoms with E-state index in [0.29, 0.717) is 11.5 Å². The SMILES string of the molecule is Cc1oc(=O)oc1COCOC(C)(C)C. The van der Waals surface area contributed by atoms with Crippen LogP contribution in [0.4, 0.5) is 0 Å². The minimum Gasteiger partial charge on any atom is -0.396 e. The Balaban J connectivity index is 2.32. The van der Waals surface area contributed by atoms with E-state index in [1.165, 1.54) is 0 Å². The zero-order valence-electron chi connectivity index (χ0n) is 9.46. The number of ether oxygens (including phenoxy) is 2. The van der Waals surface area contributed by atoms with Gasteiger partial charge in [-0.3, -0.25) is 0 Å². The summed E-state index contributed by atoms with van der Waals surface area (Å²) in [6.45, 7) is 7.76. The molecule has 0 spiro atoms. The van der Waals surface area contributed by atoms with Crippen molar-refractivity contribution in [2.24, 2.45) is 0 Å². The quantitative estimate of drug-likeness (QED) is 0.567. The molecule has 0 amide bonds. The lowest BCUT2D eigenvalue weighted by Crippen LogP contribution is -2.20. The second kappa shape index (κ2) is 4.63. The molecule has 0 bridgehead atoms. The summed E-state index contributed by atoms with van der Waals surface area (Å²) in [6, 6.07) is 0. The van der Waals surface area contributed by atoms with Gasteiger partial charge in [0.1, 0.15) is 19.2 Å². The second-order valence-corrected chi connectivity index (χ2v) is 4.16. The van der Waals surface area contributed by atoms with E-state index in [1.807, 2.05) is 20.8 Å². The molecule has 1 heterocycles. The van der Waals surface area contributed by atoms with Gasteiger partial charge in [0.05, 0.1) is 5.60 Å². The summed E-state index contributed by atoms with van der Waals surface area (Å²) in [5.74, 6) is 0.135. The third kappa shape index (κ3) is 4.31. The Kier molecular flexibility index (Phi) is 3.71. The second-order valence-electron chi connectivity index (χ2n) is 4.16. The largest absolute Gasteiger partial charge is 0.519 e. The third-order valence-electron chi connectivity index (χ3n) is 1.64. The molecule has 1 aromatic heterocycles. The maximum Gasteiger partial charge on any atom is 0.519 e. The molecule has 0 aromatic carbocycles. The van der Waals surface area contributed by atoms with Crippen LogP contribution in [-0.4, -0.2) is 12.4 Å². The Labute approximate surface area is 88.0 Å². The van der Waals surface area contributed by atoms with Crippen molar-refractivity contribution in [3.63, 3.8) is 0 Å². The Hall–Kier alpha value is -1.07. The van der Waals surface area contributed by atoms with Gasteiger partial charge in [0, 0.05) is 0 Å². The number of rotatable bonds is 4. The van der Waals surface area contributed by atoms with Crippen LogP contribution in [0.1, 0.15) is 32.3 Å². The predicted molar refractivity (Wildman–Crippen MR) is 52.5 cm³/mol. The van der Waals surface area contributed by atoms with Crippen molar-refractivity contribution in [3.05, 3.63) is 22.1 Å². The van der Waals surface area contributed by atoms with Crippen LogP contribution in [0.3, 0.4) is 0 Å². The van der Waals surface area contributed by atoms with Crippen LogP contribution >= 0.6 is 0 Å². The molecule has 0 fully saturated rings.